The molecule has 150 valence electrons. The van der Waals surface area contributed by atoms with E-state index < -0.39 is 11.8 Å². The Morgan fingerprint density at radius 1 is 0.966 bits per heavy atom. The minimum atomic E-state index is -0.446. The normalized spacial score (nSPS) is 19.4. The molecule has 0 N–H and O–H groups in total. The zero-order chi connectivity index (χ0) is 20.5. The van der Waals surface area contributed by atoms with Gasteiger partial charge in [0.1, 0.15) is 11.3 Å². The summed E-state index contributed by atoms with van der Waals surface area (Å²) in [4.78, 5) is 30.8. The molecule has 0 unspecified atom stereocenters. The van der Waals surface area contributed by atoms with E-state index in [9.17, 15) is 9.59 Å². The van der Waals surface area contributed by atoms with Crippen LogP contribution < -0.4 is 9.80 Å². The number of piperidine rings is 1. The van der Waals surface area contributed by atoms with Gasteiger partial charge in [-0.15, -0.1) is 0 Å². The van der Waals surface area contributed by atoms with E-state index in [-0.39, 0.29) is 10.7 Å². The first-order valence-electron chi connectivity index (χ1n) is 9.75. The molecule has 3 heterocycles. The molecule has 1 aromatic carbocycles. The van der Waals surface area contributed by atoms with Crippen molar-refractivity contribution >= 4 is 46.8 Å². The summed E-state index contributed by atoms with van der Waals surface area (Å²) >= 11 is 5.38. The molecule has 2 fully saturated rings. The summed E-state index contributed by atoms with van der Waals surface area (Å²) < 4.78 is 5.92. The average molecular weight is 410 g/mol. The predicted molar refractivity (Wildman–Crippen MR) is 117 cm³/mol. The fourth-order valence-electron chi connectivity index (χ4n) is 3.61. The third-order valence-corrected chi connectivity index (χ3v) is 5.76. The molecule has 2 aliphatic rings. The summed E-state index contributed by atoms with van der Waals surface area (Å²) in [6.07, 6.45) is 5.03. The minimum Gasteiger partial charge on any atom is -0.441 e. The number of rotatable bonds is 3. The Hall–Kier alpha value is -2.93. The number of aryl methyl sites for hydroxylation is 1. The SMILES string of the molecule is Cc1ccc(N2C(=O)C(=Cc3ccc(N4CCCCC4)o3)C(=O)N(C)C2=S)cc1. The van der Waals surface area contributed by atoms with Crippen molar-refractivity contribution < 1.29 is 14.0 Å². The highest BCUT2D eigenvalue weighted by Crippen LogP contribution is 2.28. The largest absolute Gasteiger partial charge is 0.441 e. The predicted octanol–water partition coefficient (Wildman–Crippen LogP) is 3.75. The van der Waals surface area contributed by atoms with Gasteiger partial charge in [-0.05, 0) is 62.7 Å². The van der Waals surface area contributed by atoms with E-state index in [1.807, 2.05) is 37.3 Å². The number of carbonyl (C=O) groups is 2. The van der Waals surface area contributed by atoms with E-state index >= 15 is 0 Å². The zero-order valence-electron chi connectivity index (χ0n) is 16.6. The van der Waals surface area contributed by atoms with Gasteiger partial charge in [0.05, 0.1) is 5.69 Å². The molecule has 1 aromatic heterocycles. The van der Waals surface area contributed by atoms with Crippen LogP contribution in [0.1, 0.15) is 30.6 Å². The lowest BCUT2D eigenvalue weighted by Crippen LogP contribution is -2.54. The number of carbonyl (C=O) groups excluding carboxylic acids is 2. The van der Waals surface area contributed by atoms with Gasteiger partial charge in [-0.3, -0.25) is 19.4 Å². The van der Waals surface area contributed by atoms with Crippen LogP contribution in [0.25, 0.3) is 6.08 Å². The van der Waals surface area contributed by atoms with Crippen LogP contribution in [0, 0.1) is 6.92 Å². The van der Waals surface area contributed by atoms with E-state index in [4.69, 9.17) is 16.6 Å². The summed E-state index contributed by atoms with van der Waals surface area (Å²) in [6, 6.07) is 11.1. The summed E-state index contributed by atoms with van der Waals surface area (Å²) in [5.74, 6) is 0.371. The molecule has 2 amide bonds. The molecular formula is C22H23N3O3S. The maximum Gasteiger partial charge on any atom is 0.270 e. The van der Waals surface area contributed by atoms with E-state index in [0.717, 1.165) is 37.4 Å². The topological polar surface area (TPSA) is 57.0 Å². The van der Waals surface area contributed by atoms with Crippen molar-refractivity contribution in [1.82, 2.24) is 4.90 Å². The number of amides is 2. The minimum absolute atomic E-state index is 0.0289. The summed E-state index contributed by atoms with van der Waals surface area (Å²) in [6.45, 7) is 3.89. The molecule has 7 heteroatoms. The van der Waals surface area contributed by atoms with Crippen LogP contribution in [-0.2, 0) is 9.59 Å². The highest BCUT2D eigenvalue weighted by atomic mass is 32.1. The smallest absolute Gasteiger partial charge is 0.270 e. The van der Waals surface area contributed by atoms with Gasteiger partial charge in [-0.1, -0.05) is 17.7 Å². The Kier molecular flexibility index (Phi) is 5.24. The second-order valence-electron chi connectivity index (χ2n) is 7.40. The molecule has 2 saturated heterocycles. The average Bonchev–Trinajstić information content (AvgIpc) is 3.21. The molecule has 2 aliphatic heterocycles. The lowest BCUT2D eigenvalue weighted by atomic mass is 10.1. The molecule has 29 heavy (non-hydrogen) atoms. The fourth-order valence-corrected chi connectivity index (χ4v) is 3.88. The molecule has 0 atom stereocenters. The molecule has 0 aliphatic carbocycles. The van der Waals surface area contributed by atoms with Gasteiger partial charge in [0.2, 0.25) is 0 Å². The number of thiocarbonyl (C=S) groups is 1. The maximum atomic E-state index is 13.2. The Labute approximate surface area is 175 Å². The van der Waals surface area contributed by atoms with E-state index in [1.165, 1.54) is 22.3 Å². The van der Waals surface area contributed by atoms with Gasteiger partial charge in [-0.2, -0.15) is 0 Å². The van der Waals surface area contributed by atoms with Crippen LogP contribution in [0.5, 0.6) is 0 Å². The number of benzene rings is 1. The monoisotopic (exact) mass is 409 g/mol. The van der Waals surface area contributed by atoms with Crippen molar-refractivity contribution in [3.63, 3.8) is 0 Å². The molecule has 0 spiro atoms. The molecule has 0 radical (unpaired) electrons. The van der Waals surface area contributed by atoms with E-state index in [2.05, 4.69) is 4.90 Å². The Balaban J connectivity index is 1.65. The van der Waals surface area contributed by atoms with Crippen LogP contribution in [-0.4, -0.2) is 42.0 Å². The maximum absolute atomic E-state index is 13.2. The van der Waals surface area contributed by atoms with Crippen molar-refractivity contribution in [1.29, 1.82) is 0 Å². The number of hydrogen-bond donors (Lipinski definition) is 0. The highest BCUT2D eigenvalue weighted by molar-refractivity contribution is 7.80. The van der Waals surface area contributed by atoms with Crippen molar-refractivity contribution in [2.24, 2.45) is 0 Å². The summed E-state index contributed by atoms with van der Waals surface area (Å²) in [7, 11) is 1.58. The zero-order valence-corrected chi connectivity index (χ0v) is 17.4. The molecule has 0 saturated carbocycles. The van der Waals surface area contributed by atoms with Gasteiger partial charge in [0.15, 0.2) is 11.0 Å². The first-order chi connectivity index (χ1) is 14.0. The summed E-state index contributed by atoms with van der Waals surface area (Å²) in [5, 5.41) is 0.162. The second-order valence-corrected chi connectivity index (χ2v) is 7.77. The van der Waals surface area contributed by atoms with Crippen LogP contribution in [0.2, 0.25) is 0 Å². The number of anilines is 2. The van der Waals surface area contributed by atoms with Crippen molar-refractivity contribution in [3.05, 3.63) is 53.3 Å². The summed E-state index contributed by atoms with van der Waals surface area (Å²) in [5.41, 5.74) is 1.73. The number of nitrogens with zero attached hydrogens (tertiary/aromatic N) is 3. The van der Waals surface area contributed by atoms with Crippen molar-refractivity contribution in [3.8, 4) is 0 Å². The number of furan rings is 1. The quantitative estimate of drug-likeness (QED) is 0.439. The van der Waals surface area contributed by atoms with Crippen molar-refractivity contribution in [2.75, 3.05) is 29.9 Å². The number of likely N-dealkylation sites (N-methyl/N-ethyl adjacent to an activating group) is 1. The Bertz CT molecular complexity index is 987. The first-order valence-corrected chi connectivity index (χ1v) is 10.2. The lowest BCUT2D eigenvalue weighted by molar-refractivity contribution is -0.127. The van der Waals surface area contributed by atoms with Gasteiger partial charge in [-0.25, -0.2) is 0 Å². The molecule has 0 bridgehead atoms. The number of hydrogen-bond acceptors (Lipinski definition) is 5. The van der Waals surface area contributed by atoms with Crippen LogP contribution in [0.4, 0.5) is 11.6 Å². The van der Waals surface area contributed by atoms with Crippen LogP contribution >= 0.6 is 12.2 Å². The molecule has 4 rings (SSSR count). The van der Waals surface area contributed by atoms with Crippen molar-refractivity contribution in [2.45, 2.75) is 26.2 Å². The third kappa shape index (κ3) is 3.70. The van der Waals surface area contributed by atoms with E-state index in [1.54, 1.807) is 13.1 Å². The second kappa shape index (κ2) is 7.83. The first kappa shape index (κ1) is 19.4. The molecule has 2 aromatic rings. The highest BCUT2D eigenvalue weighted by Gasteiger charge is 2.38. The van der Waals surface area contributed by atoms with Crippen LogP contribution in [0.15, 0.2) is 46.4 Å². The third-order valence-electron chi connectivity index (χ3n) is 5.31. The fraction of sp³-hybridized carbons (Fsp3) is 0.318. The lowest BCUT2D eigenvalue weighted by Gasteiger charge is -2.34. The van der Waals surface area contributed by atoms with Crippen LogP contribution in [0.3, 0.4) is 0 Å². The Morgan fingerprint density at radius 2 is 1.66 bits per heavy atom. The van der Waals surface area contributed by atoms with Gasteiger partial charge >= 0.3 is 0 Å². The van der Waals surface area contributed by atoms with E-state index in [0.29, 0.717) is 11.4 Å². The van der Waals surface area contributed by atoms with Gasteiger partial charge in [0.25, 0.3) is 11.8 Å². The van der Waals surface area contributed by atoms with Gasteiger partial charge < -0.3 is 9.32 Å². The molecule has 6 nitrogen and oxygen atoms in total. The molecular weight excluding hydrogens is 386 g/mol. The van der Waals surface area contributed by atoms with Gasteiger partial charge in [0, 0.05) is 26.2 Å². The Morgan fingerprint density at radius 3 is 2.34 bits per heavy atom. The standard InChI is InChI=1S/C22H23N3O3S/c1-15-6-8-16(9-7-15)25-21(27)18(20(26)23(2)22(25)29)14-17-10-11-19(28-17)24-12-4-3-5-13-24/h6-11,14H,3-5,12-13H2,1-2H3.